The Morgan fingerprint density at radius 1 is 1.06 bits per heavy atom. The number of hydrogen-bond donors (Lipinski definition) is 2. The third-order valence-electron chi connectivity index (χ3n) is 4.68. The van der Waals surface area contributed by atoms with Gasteiger partial charge in [-0.3, -0.25) is 4.79 Å². The third kappa shape index (κ3) is 3.79. The van der Waals surface area contributed by atoms with Crippen molar-refractivity contribution < 1.29 is 4.79 Å². The maximum atomic E-state index is 12.6. The monoisotopic (exact) mass is 256 g/mol. The number of carbonyl (C=O) groups is 1. The molecular formula is C15H32N2O. The summed E-state index contributed by atoms with van der Waals surface area (Å²) in [5, 5.41) is 6.74. The van der Waals surface area contributed by atoms with Gasteiger partial charge in [-0.15, -0.1) is 0 Å². The van der Waals surface area contributed by atoms with Crippen molar-refractivity contribution in [2.45, 2.75) is 84.3 Å². The molecule has 0 aromatic rings. The molecule has 2 N–H and O–H groups in total. The minimum atomic E-state index is -0.380. The highest BCUT2D eigenvalue weighted by Gasteiger charge is 2.37. The highest BCUT2D eigenvalue weighted by Crippen LogP contribution is 2.21. The van der Waals surface area contributed by atoms with Crippen LogP contribution in [0, 0.1) is 0 Å². The third-order valence-corrected chi connectivity index (χ3v) is 4.68. The Morgan fingerprint density at radius 2 is 1.50 bits per heavy atom. The van der Waals surface area contributed by atoms with Crippen LogP contribution in [0.2, 0.25) is 0 Å². The molecule has 0 rings (SSSR count). The number of likely N-dealkylation sites (N-methyl/N-ethyl adjacent to an activating group) is 1. The Labute approximate surface area is 113 Å². The summed E-state index contributed by atoms with van der Waals surface area (Å²) in [5.74, 6) is 0.281. The lowest BCUT2D eigenvalue weighted by atomic mass is 9.83. The van der Waals surface area contributed by atoms with E-state index in [0.717, 1.165) is 25.7 Å². The van der Waals surface area contributed by atoms with Crippen LogP contribution >= 0.6 is 0 Å². The molecule has 0 aromatic carbocycles. The maximum Gasteiger partial charge on any atom is 0.169 e. The van der Waals surface area contributed by atoms with E-state index in [-0.39, 0.29) is 22.9 Å². The number of nitrogens with one attached hydrogen (secondary N) is 2. The molecule has 18 heavy (non-hydrogen) atoms. The smallest absolute Gasteiger partial charge is 0.169 e. The van der Waals surface area contributed by atoms with Gasteiger partial charge in [0.2, 0.25) is 0 Å². The van der Waals surface area contributed by atoms with Crippen molar-refractivity contribution in [3.8, 4) is 0 Å². The van der Waals surface area contributed by atoms with Crippen molar-refractivity contribution in [2.75, 3.05) is 7.05 Å². The van der Waals surface area contributed by atoms with Gasteiger partial charge in [-0.1, -0.05) is 27.7 Å². The first-order valence-electron chi connectivity index (χ1n) is 7.35. The van der Waals surface area contributed by atoms with E-state index in [0.29, 0.717) is 0 Å². The van der Waals surface area contributed by atoms with E-state index in [1.54, 1.807) is 0 Å². The summed E-state index contributed by atoms with van der Waals surface area (Å²) in [7, 11) is 1.89. The highest BCUT2D eigenvalue weighted by molar-refractivity contribution is 5.92. The van der Waals surface area contributed by atoms with Crippen LogP contribution in [-0.2, 0) is 4.79 Å². The van der Waals surface area contributed by atoms with Gasteiger partial charge in [0.15, 0.2) is 5.78 Å². The Hall–Kier alpha value is -0.410. The molecule has 0 aliphatic rings. The first-order valence-corrected chi connectivity index (χ1v) is 7.35. The summed E-state index contributed by atoms with van der Waals surface area (Å²) >= 11 is 0. The molecule has 0 aliphatic carbocycles. The molecular weight excluding hydrogens is 224 g/mol. The first kappa shape index (κ1) is 17.6. The zero-order chi connectivity index (χ0) is 14.4. The fourth-order valence-electron chi connectivity index (χ4n) is 2.53. The topological polar surface area (TPSA) is 41.1 Å². The SMILES string of the molecule is CCC(C)(CC)NC(C)C(=O)C(CC)(CC)NC. The van der Waals surface area contributed by atoms with Crippen LogP contribution in [0.25, 0.3) is 0 Å². The summed E-state index contributed by atoms with van der Waals surface area (Å²) < 4.78 is 0. The lowest BCUT2D eigenvalue weighted by molar-refractivity contribution is -0.128. The quantitative estimate of drug-likeness (QED) is 0.666. The van der Waals surface area contributed by atoms with Crippen LogP contribution < -0.4 is 10.6 Å². The van der Waals surface area contributed by atoms with Crippen molar-refractivity contribution in [3.63, 3.8) is 0 Å². The van der Waals surface area contributed by atoms with Crippen LogP contribution in [0.1, 0.15) is 67.2 Å². The zero-order valence-electron chi connectivity index (χ0n) is 13.3. The Morgan fingerprint density at radius 3 is 1.78 bits per heavy atom. The second kappa shape index (κ2) is 7.25. The van der Waals surface area contributed by atoms with Gasteiger partial charge in [-0.05, 0) is 46.6 Å². The molecule has 3 heteroatoms. The predicted octanol–water partition coefficient (Wildman–Crippen LogP) is 2.89. The Bertz CT molecular complexity index is 247. The van der Waals surface area contributed by atoms with Crippen molar-refractivity contribution in [1.82, 2.24) is 10.6 Å². The number of carbonyl (C=O) groups excluding carboxylic acids is 1. The van der Waals surface area contributed by atoms with Crippen LogP contribution in [0.3, 0.4) is 0 Å². The van der Waals surface area contributed by atoms with Gasteiger partial charge < -0.3 is 10.6 Å². The van der Waals surface area contributed by atoms with E-state index in [4.69, 9.17) is 0 Å². The molecule has 0 saturated heterocycles. The molecule has 1 unspecified atom stereocenters. The van der Waals surface area contributed by atoms with Gasteiger partial charge in [-0.2, -0.15) is 0 Å². The number of hydrogen-bond acceptors (Lipinski definition) is 3. The number of ketones is 1. The molecule has 0 heterocycles. The van der Waals surface area contributed by atoms with E-state index < -0.39 is 0 Å². The molecule has 1 atom stereocenters. The number of Topliss-reactive ketones (excluding diaryl/α,β-unsaturated/α-hetero) is 1. The molecule has 108 valence electrons. The van der Waals surface area contributed by atoms with Gasteiger partial charge in [-0.25, -0.2) is 0 Å². The van der Waals surface area contributed by atoms with Gasteiger partial charge in [0.1, 0.15) is 0 Å². The summed E-state index contributed by atoms with van der Waals surface area (Å²) in [5.41, 5.74) is -0.329. The van der Waals surface area contributed by atoms with E-state index in [9.17, 15) is 4.79 Å². The van der Waals surface area contributed by atoms with Gasteiger partial charge in [0.05, 0.1) is 11.6 Å². The molecule has 0 spiro atoms. The fraction of sp³-hybridized carbons (Fsp3) is 0.933. The summed E-state index contributed by atoms with van der Waals surface area (Å²) in [6.45, 7) is 12.7. The van der Waals surface area contributed by atoms with Gasteiger partial charge >= 0.3 is 0 Å². The predicted molar refractivity (Wildman–Crippen MR) is 79.0 cm³/mol. The first-order chi connectivity index (χ1) is 8.34. The zero-order valence-corrected chi connectivity index (χ0v) is 13.3. The average molecular weight is 256 g/mol. The Balaban J connectivity index is 4.88. The van der Waals surface area contributed by atoms with Gasteiger partial charge in [0, 0.05) is 5.54 Å². The molecule has 0 radical (unpaired) electrons. The van der Waals surface area contributed by atoms with Crippen LogP contribution in [0.15, 0.2) is 0 Å². The summed E-state index contributed by atoms with van der Waals surface area (Å²) in [4.78, 5) is 12.6. The largest absolute Gasteiger partial charge is 0.308 e. The number of rotatable bonds is 9. The normalized spacial score (nSPS) is 14.6. The van der Waals surface area contributed by atoms with Crippen LogP contribution in [-0.4, -0.2) is 30.0 Å². The second-order valence-corrected chi connectivity index (χ2v) is 5.54. The van der Waals surface area contributed by atoms with Crippen LogP contribution in [0.5, 0.6) is 0 Å². The second-order valence-electron chi connectivity index (χ2n) is 5.54. The highest BCUT2D eigenvalue weighted by atomic mass is 16.1. The van der Waals surface area contributed by atoms with E-state index in [2.05, 4.69) is 45.3 Å². The summed E-state index contributed by atoms with van der Waals surface area (Å²) in [6.07, 6.45) is 3.73. The average Bonchev–Trinajstić information content (AvgIpc) is 2.40. The van der Waals surface area contributed by atoms with Crippen molar-refractivity contribution in [2.24, 2.45) is 0 Å². The molecule has 3 nitrogen and oxygen atoms in total. The molecule has 0 fully saturated rings. The standard InChI is InChI=1S/C15H32N2O/c1-8-14(6,9-2)17-12(5)13(18)15(10-3,11-4)16-7/h12,16-17H,8-11H2,1-7H3. The lowest BCUT2D eigenvalue weighted by Crippen LogP contribution is -2.59. The molecule has 0 bridgehead atoms. The maximum absolute atomic E-state index is 12.6. The molecule has 0 aromatic heterocycles. The fourth-order valence-corrected chi connectivity index (χ4v) is 2.53. The van der Waals surface area contributed by atoms with E-state index in [1.165, 1.54) is 0 Å². The van der Waals surface area contributed by atoms with Crippen molar-refractivity contribution in [3.05, 3.63) is 0 Å². The molecule has 0 saturated carbocycles. The minimum Gasteiger partial charge on any atom is -0.308 e. The lowest BCUT2D eigenvalue weighted by Gasteiger charge is -2.37. The molecule has 0 aliphatic heterocycles. The summed E-state index contributed by atoms with van der Waals surface area (Å²) in [6, 6.07) is -0.109. The van der Waals surface area contributed by atoms with Crippen molar-refractivity contribution >= 4 is 5.78 Å². The van der Waals surface area contributed by atoms with Gasteiger partial charge in [0.25, 0.3) is 0 Å². The van der Waals surface area contributed by atoms with E-state index in [1.807, 2.05) is 14.0 Å². The van der Waals surface area contributed by atoms with Crippen molar-refractivity contribution in [1.29, 1.82) is 0 Å². The Kier molecular flexibility index (Phi) is 7.08. The van der Waals surface area contributed by atoms with Crippen LogP contribution in [0.4, 0.5) is 0 Å². The van der Waals surface area contributed by atoms with E-state index >= 15 is 0 Å². The minimum absolute atomic E-state index is 0.0516. The molecule has 0 amide bonds.